The molecule has 0 aliphatic carbocycles. The zero-order valence-electron chi connectivity index (χ0n) is 9.41. The van der Waals surface area contributed by atoms with Gasteiger partial charge in [-0.2, -0.15) is 0 Å². The molecule has 0 bridgehead atoms. The highest BCUT2D eigenvalue weighted by Crippen LogP contribution is 2.20. The topological polar surface area (TPSA) is 89.8 Å². The Bertz CT molecular complexity index is 654. The summed E-state index contributed by atoms with van der Waals surface area (Å²) in [6.07, 6.45) is 0. The minimum Gasteiger partial charge on any atom is -0.231 e. The Morgan fingerprint density at radius 2 is 2.11 bits per heavy atom. The standard InChI is InChI=1S/C9H10ClN5O2S/c1-15-9(12-13-14-15)6-11-18(16,17)8-5-3-2-4-7(8)10/h2-5,11H,6H2,1H3. The van der Waals surface area contributed by atoms with Crippen LogP contribution in [0.3, 0.4) is 0 Å². The Morgan fingerprint density at radius 1 is 1.39 bits per heavy atom. The van der Waals surface area contributed by atoms with Gasteiger partial charge in [0.25, 0.3) is 0 Å². The fourth-order valence-corrected chi connectivity index (χ4v) is 2.80. The number of nitrogens with zero attached hydrogens (tertiary/aromatic N) is 4. The third-order valence-corrected chi connectivity index (χ3v) is 4.16. The van der Waals surface area contributed by atoms with Crippen LogP contribution in [0.2, 0.25) is 5.02 Å². The normalized spacial score (nSPS) is 11.7. The molecule has 7 nitrogen and oxygen atoms in total. The van der Waals surface area contributed by atoms with Crippen molar-refractivity contribution in [3.63, 3.8) is 0 Å². The Hall–Kier alpha value is -1.51. The lowest BCUT2D eigenvalue weighted by molar-refractivity contribution is 0.575. The highest BCUT2D eigenvalue weighted by Gasteiger charge is 2.17. The van der Waals surface area contributed by atoms with Crippen LogP contribution in [0, 0.1) is 0 Å². The van der Waals surface area contributed by atoms with Gasteiger partial charge in [-0.05, 0) is 22.6 Å². The van der Waals surface area contributed by atoms with E-state index in [-0.39, 0.29) is 16.5 Å². The van der Waals surface area contributed by atoms with Crippen LogP contribution in [0.5, 0.6) is 0 Å². The third-order valence-electron chi connectivity index (χ3n) is 2.25. The van der Waals surface area contributed by atoms with E-state index in [0.29, 0.717) is 5.82 Å². The van der Waals surface area contributed by atoms with E-state index < -0.39 is 10.0 Å². The second-order valence-electron chi connectivity index (χ2n) is 3.47. The fourth-order valence-electron chi connectivity index (χ4n) is 1.30. The first-order valence-corrected chi connectivity index (χ1v) is 6.82. The van der Waals surface area contributed by atoms with Gasteiger partial charge in [0.15, 0.2) is 5.82 Å². The first-order valence-electron chi connectivity index (χ1n) is 4.96. The number of halogens is 1. The lowest BCUT2D eigenvalue weighted by Gasteiger charge is -2.07. The molecule has 1 aromatic carbocycles. The van der Waals surface area contributed by atoms with Crippen LogP contribution >= 0.6 is 11.6 Å². The van der Waals surface area contributed by atoms with Crippen LogP contribution in [-0.2, 0) is 23.6 Å². The maximum absolute atomic E-state index is 12.0. The van der Waals surface area contributed by atoms with Crippen molar-refractivity contribution in [3.05, 3.63) is 35.1 Å². The van der Waals surface area contributed by atoms with E-state index >= 15 is 0 Å². The number of aryl methyl sites for hydroxylation is 1. The molecular weight excluding hydrogens is 278 g/mol. The van der Waals surface area contributed by atoms with E-state index in [1.54, 1.807) is 19.2 Å². The lowest BCUT2D eigenvalue weighted by Crippen LogP contribution is -2.25. The average molecular weight is 288 g/mol. The van der Waals surface area contributed by atoms with Crippen molar-refractivity contribution in [1.29, 1.82) is 0 Å². The molecule has 0 saturated carbocycles. The van der Waals surface area contributed by atoms with Crippen LogP contribution in [-0.4, -0.2) is 28.6 Å². The predicted molar refractivity (Wildman–Crippen MR) is 64.3 cm³/mol. The maximum Gasteiger partial charge on any atom is 0.242 e. The minimum atomic E-state index is -3.67. The summed E-state index contributed by atoms with van der Waals surface area (Å²) in [7, 11) is -2.05. The van der Waals surface area contributed by atoms with Crippen LogP contribution in [0.15, 0.2) is 29.2 Å². The van der Waals surface area contributed by atoms with E-state index in [0.717, 1.165) is 0 Å². The summed E-state index contributed by atoms with van der Waals surface area (Å²) in [5.74, 6) is 0.408. The first-order chi connectivity index (χ1) is 8.50. The van der Waals surface area contributed by atoms with Crippen molar-refractivity contribution in [2.45, 2.75) is 11.4 Å². The van der Waals surface area contributed by atoms with E-state index in [9.17, 15) is 8.42 Å². The number of benzene rings is 1. The molecule has 0 unspecified atom stereocenters. The molecule has 1 aromatic heterocycles. The van der Waals surface area contributed by atoms with E-state index in [2.05, 4.69) is 20.2 Å². The second kappa shape index (κ2) is 5.01. The molecule has 0 radical (unpaired) electrons. The molecule has 0 amide bonds. The quantitative estimate of drug-likeness (QED) is 0.876. The molecule has 2 aromatic rings. The van der Waals surface area contributed by atoms with Crippen LogP contribution in [0.4, 0.5) is 0 Å². The predicted octanol–water partition coefficient (Wildman–Crippen LogP) is 0.342. The number of nitrogens with one attached hydrogen (secondary N) is 1. The smallest absolute Gasteiger partial charge is 0.231 e. The summed E-state index contributed by atoms with van der Waals surface area (Å²) in [6, 6.07) is 6.21. The van der Waals surface area contributed by atoms with Gasteiger partial charge >= 0.3 is 0 Å². The molecule has 96 valence electrons. The van der Waals surface area contributed by atoms with Crippen molar-refractivity contribution in [3.8, 4) is 0 Å². The molecule has 0 aliphatic rings. The van der Waals surface area contributed by atoms with Gasteiger partial charge in [-0.25, -0.2) is 17.8 Å². The van der Waals surface area contributed by atoms with Gasteiger partial charge < -0.3 is 0 Å². The largest absolute Gasteiger partial charge is 0.242 e. The molecule has 0 saturated heterocycles. The summed E-state index contributed by atoms with van der Waals surface area (Å²) in [4.78, 5) is 0.0294. The Labute approximate surface area is 109 Å². The second-order valence-corrected chi connectivity index (χ2v) is 5.62. The molecular formula is C9H10ClN5O2S. The average Bonchev–Trinajstić information content (AvgIpc) is 2.73. The third kappa shape index (κ3) is 2.66. The van der Waals surface area contributed by atoms with E-state index in [4.69, 9.17) is 11.6 Å². The maximum atomic E-state index is 12.0. The van der Waals surface area contributed by atoms with Gasteiger partial charge in [0.1, 0.15) is 4.90 Å². The number of sulfonamides is 1. The van der Waals surface area contributed by atoms with Crippen LogP contribution in [0.25, 0.3) is 0 Å². The number of tetrazole rings is 1. The Kier molecular flexibility index (Phi) is 3.60. The molecule has 0 spiro atoms. The first kappa shape index (κ1) is 12.9. The molecule has 2 rings (SSSR count). The monoisotopic (exact) mass is 287 g/mol. The fraction of sp³-hybridized carbons (Fsp3) is 0.222. The van der Waals surface area contributed by atoms with Gasteiger partial charge in [-0.15, -0.1) is 5.10 Å². The number of rotatable bonds is 4. The van der Waals surface area contributed by atoms with Crippen molar-refractivity contribution in [2.75, 3.05) is 0 Å². The molecule has 18 heavy (non-hydrogen) atoms. The number of hydrogen-bond donors (Lipinski definition) is 1. The highest BCUT2D eigenvalue weighted by atomic mass is 35.5. The van der Waals surface area contributed by atoms with Gasteiger partial charge in [-0.3, -0.25) is 0 Å². The van der Waals surface area contributed by atoms with Gasteiger partial charge in [0, 0.05) is 7.05 Å². The number of hydrogen-bond acceptors (Lipinski definition) is 5. The molecule has 0 fully saturated rings. The van der Waals surface area contributed by atoms with Crippen molar-refractivity contribution < 1.29 is 8.42 Å². The minimum absolute atomic E-state index is 0.00292. The van der Waals surface area contributed by atoms with E-state index in [1.807, 2.05) is 0 Å². The summed E-state index contributed by atoms with van der Waals surface area (Å²) in [6.45, 7) is -0.00292. The summed E-state index contributed by atoms with van der Waals surface area (Å²) >= 11 is 5.84. The Morgan fingerprint density at radius 3 is 2.72 bits per heavy atom. The van der Waals surface area contributed by atoms with Crippen molar-refractivity contribution in [1.82, 2.24) is 24.9 Å². The van der Waals surface area contributed by atoms with Crippen molar-refractivity contribution >= 4 is 21.6 Å². The summed E-state index contributed by atoms with van der Waals surface area (Å²) in [5.41, 5.74) is 0. The lowest BCUT2D eigenvalue weighted by atomic mass is 10.4. The van der Waals surface area contributed by atoms with Gasteiger partial charge in [-0.1, -0.05) is 23.7 Å². The molecule has 1 heterocycles. The van der Waals surface area contributed by atoms with Gasteiger partial charge in [0.05, 0.1) is 11.6 Å². The number of aromatic nitrogens is 4. The SMILES string of the molecule is Cn1nnnc1CNS(=O)(=O)c1ccccc1Cl. The van der Waals surface area contributed by atoms with Crippen LogP contribution in [0.1, 0.15) is 5.82 Å². The Balaban J connectivity index is 2.19. The molecule has 1 N–H and O–H groups in total. The zero-order valence-corrected chi connectivity index (χ0v) is 11.0. The molecule has 0 atom stereocenters. The highest BCUT2D eigenvalue weighted by molar-refractivity contribution is 7.89. The van der Waals surface area contributed by atoms with E-state index in [1.165, 1.54) is 16.8 Å². The molecule has 9 heteroatoms. The molecule has 0 aliphatic heterocycles. The zero-order chi connectivity index (χ0) is 13.2. The van der Waals surface area contributed by atoms with Crippen LogP contribution < -0.4 is 4.72 Å². The summed E-state index contributed by atoms with van der Waals surface area (Å²) in [5, 5.41) is 10.9. The summed E-state index contributed by atoms with van der Waals surface area (Å²) < 4.78 is 27.7. The van der Waals surface area contributed by atoms with Gasteiger partial charge in [0.2, 0.25) is 10.0 Å². The van der Waals surface area contributed by atoms with Crippen molar-refractivity contribution in [2.24, 2.45) is 7.05 Å².